The molecular formula is C16H23ClN4O3. The Morgan fingerprint density at radius 2 is 2.04 bits per heavy atom. The van der Waals surface area contributed by atoms with E-state index in [-0.39, 0.29) is 24.2 Å². The smallest absolute Gasteiger partial charge is 0.322 e. The van der Waals surface area contributed by atoms with E-state index >= 15 is 0 Å². The molecule has 0 radical (unpaired) electrons. The summed E-state index contributed by atoms with van der Waals surface area (Å²) in [6.45, 7) is 5.50. The third-order valence-electron chi connectivity index (χ3n) is 4.31. The quantitative estimate of drug-likeness (QED) is 0.599. The molecule has 4 amide bonds. The zero-order valence-electron chi connectivity index (χ0n) is 13.9. The second kappa shape index (κ2) is 7.63. The van der Waals surface area contributed by atoms with Crippen molar-refractivity contribution in [3.8, 4) is 0 Å². The first-order valence-electron chi connectivity index (χ1n) is 7.58. The molecule has 0 spiro atoms. The van der Waals surface area contributed by atoms with E-state index in [9.17, 15) is 14.4 Å². The number of nitrogens with one attached hydrogen (secondary N) is 3. The van der Waals surface area contributed by atoms with Gasteiger partial charge in [0, 0.05) is 5.69 Å². The summed E-state index contributed by atoms with van der Waals surface area (Å²) in [7, 11) is 0. The Bertz CT molecular complexity index is 652. The van der Waals surface area contributed by atoms with E-state index in [4.69, 9.17) is 5.73 Å². The third kappa shape index (κ3) is 3.85. The molecule has 2 rings (SSSR count). The Balaban J connectivity index is 0.00000288. The average Bonchev–Trinajstić information content (AvgIpc) is 2.79. The van der Waals surface area contributed by atoms with E-state index < -0.39 is 23.5 Å². The molecule has 0 aliphatic carbocycles. The third-order valence-corrected chi connectivity index (χ3v) is 4.31. The van der Waals surface area contributed by atoms with Crippen LogP contribution in [-0.4, -0.2) is 23.9 Å². The van der Waals surface area contributed by atoms with Gasteiger partial charge in [-0.05, 0) is 30.5 Å². The van der Waals surface area contributed by atoms with Gasteiger partial charge in [0.1, 0.15) is 5.54 Å². The van der Waals surface area contributed by atoms with Crippen LogP contribution >= 0.6 is 12.4 Å². The van der Waals surface area contributed by atoms with Crippen molar-refractivity contribution in [2.75, 3.05) is 5.32 Å². The van der Waals surface area contributed by atoms with E-state index in [1.807, 2.05) is 13.8 Å². The number of carbonyl (C=O) groups excluding carboxylic acids is 3. The van der Waals surface area contributed by atoms with E-state index in [1.54, 1.807) is 31.2 Å². The molecule has 5 N–H and O–H groups in total. The predicted molar refractivity (Wildman–Crippen MR) is 93.8 cm³/mol. The molecule has 1 heterocycles. The standard InChI is InChI=1S/C16H22N4O3.ClH/c1-4-9(2)12(17)13(21)18-11-7-5-6-10(8-11)16(3)14(22)19-15(23)20-16;/h5-9,12H,4,17H2,1-3H3,(H,18,21)(H2,19,20,22,23);1H. The van der Waals surface area contributed by atoms with E-state index in [1.165, 1.54) is 0 Å². The monoisotopic (exact) mass is 354 g/mol. The van der Waals surface area contributed by atoms with Crippen LogP contribution in [0.4, 0.5) is 10.5 Å². The molecule has 8 heteroatoms. The van der Waals surface area contributed by atoms with Crippen LogP contribution in [0.15, 0.2) is 24.3 Å². The Morgan fingerprint density at radius 3 is 2.58 bits per heavy atom. The molecule has 3 atom stereocenters. The molecule has 0 aromatic heterocycles. The summed E-state index contributed by atoms with van der Waals surface area (Å²) in [6, 6.07) is 5.66. The van der Waals surface area contributed by atoms with Crippen LogP contribution in [0.25, 0.3) is 0 Å². The van der Waals surface area contributed by atoms with Crippen molar-refractivity contribution in [1.29, 1.82) is 0 Å². The lowest BCUT2D eigenvalue weighted by Crippen LogP contribution is -2.41. The van der Waals surface area contributed by atoms with Crippen LogP contribution < -0.4 is 21.7 Å². The van der Waals surface area contributed by atoms with Crippen LogP contribution in [-0.2, 0) is 15.1 Å². The molecule has 0 saturated carbocycles. The summed E-state index contributed by atoms with van der Waals surface area (Å²) >= 11 is 0. The summed E-state index contributed by atoms with van der Waals surface area (Å²) in [5, 5.41) is 7.56. The second-order valence-corrected chi connectivity index (χ2v) is 6.01. The zero-order chi connectivity index (χ0) is 17.2. The fourth-order valence-corrected chi connectivity index (χ4v) is 2.39. The number of hydrogen-bond donors (Lipinski definition) is 4. The largest absolute Gasteiger partial charge is 0.325 e. The molecule has 1 aromatic rings. The van der Waals surface area contributed by atoms with Crippen LogP contribution in [0, 0.1) is 5.92 Å². The molecule has 1 aromatic carbocycles. The number of halogens is 1. The predicted octanol–water partition coefficient (Wildman–Crippen LogP) is 1.47. The molecule has 3 unspecified atom stereocenters. The minimum absolute atomic E-state index is 0. The SMILES string of the molecule is CCC(C)C(N)C(=O)Nc1cccc(C2(C)NC(=O)NC2=O)c1.Cl. The Morgan fingerprint density at radius 1 is 1.38 bits per heavy atom. The number of nitrogens with two attached hydrogens (primary N) is 1. The number of anilines is 1. The van der Waals surface area contributed by atoms with Crippen LogP contribution in [0.3, 0.4) is 0 Å². The fraction of sp³-hybridized carbons (Fsp3) is 0.438. The average molecular weight is 355 g/mol. The summed E-state index contributed by atoms with van der Waals surface area (Å²) in [6.07, 6.45) is 0.804. The van der Waals surface area contributed by atoms with Gasteiger partial charge in [0.15, 0.2) is 0 Å². The molecule has 1 fully saturated rings. The van der Waals surface area contributed by atoms with Gasteiger partial charge in [-0.25, -0.2) is 4.79 Å². The minimum atomic E-state index is -1.16. The van der Waals surface area contributed by atoms with Crippen molar-refractivity contribution in [3.05, 3.63) is 29.8 Å². The zero-order valence-corrected chi connectivity index (χ0v) is 14.7. The lowest BCUT2D eigenvalue weighted by atomic mass is 9.92. The van der Waals surface area contributed by atoms with Crippen LogP contribution in [0.2, 0.25) is 0 Å². The molecule has 1 aliphatic heterocycles. The first-order chi connectivity index (χ1) is 10.8. The highest BCUT2D eigenvalue weighted by atomic mass is 35.5. The molecular weight excluding hydrogens is 332 g/mol. The van der Waals surface area contributed by atoms with E-state index in [0.29, 0.717) is 11.3 Å². The number of amides is 4. The maximum atomic E-state index is 12.2. The summed E-state index contributed by atoms with van der Waals surface area (Å²) in [5.41, 5.74) is 5.86. The van der Waals surface area contributed by atoms with E-state index in [2.05, 4.69) is 16.0 Å². The van der Waals surface area contributed by atoms with Crippen molar-refractivity contribution < 1.29 is 14.4 Å². The van der Waals surface area contributed by atoms with Crippen LogP contribution in [0.5, 0.6) is 0 Å². The van der Waals surface area contributed by atoms with Crippen molar-refractivity contribution in [2.24, 2.45) is 11.7 Å². The van der Waals surface area contributed by atoms with Gasteiger partial charge in [0.25, 0.3) is 5.91 Å². The Labute approximate surface area is 147 Å². The maximum absolute atomic E-state index is 12.2. The molecule has 7 nitrogen and oxygen atoms in total. The van der Waals surface area contributed by atoms with Gasteiger partial charge < -0.3 is 16.4 Å². The first kappa shape index (κ1) is 19.9. The fourth-order valence-electron chi connectivity index (χ4n) is 2.39. The number of carbonyl (C=O) groups is 3. The Hall–Kier alpha value is -2.12. The number of benzene rings is 1. The molecule has 1 aliphatic rings. The molecule has 24 heavy (non-hydrogen) atoms. The van der Waals surface area contributed by atoms with Crippen molar-refractivity contribution in [3.63, 3.8) is 0 Å². The molecule has 1 saturated heterocycles. The highest BCUT2D eigenvalue weighted by Gasteiger charge is 2.43. The summed E-state index contributed by atoms with van der Waals surface area (Å²) < 4.78 is 0. The second-order valence-electron chi connectivity index (χ2n) is 6.01. The van der Waals surface area contributed by atoms with Gasteiger partial charge in [-0.15, -0.1) is 12.4 Å². The summed E-state index contributed by atoms with van der Waals surface area (Å²) in [4.78, 5) is 35.5. The topological polar surface area (TPSA) is 113 Å². The van der Waals surface area contributed by atoms with Gasteiger partial charge >= 0.3 is 6.03 Å². The highest BCUT2D eigenvalue weighted by molar-refractivity contribution is 6.07. The van der Waals surface area contributed by atoms with Gasteiger partial charge in [-0.2, -0.15) is 0 Å². The number of rotatable bonds is 5. The van der Waals surface area contributed by atoms with Crippen molar-refractivity contribution in [2.45, 2.75) is 38.8 Å². The van der Waals surface area contributed by atoms with Crippen molar-refractivity contribution in [1.82, 2.24) is 10.6 Å². The lowest BCUT2D eigenvalue weighted by molar-refractivity contribution is -0.123. The van der Waals surface area contributed by atoms with Crippen LogP contribution in [0.1, 0.15) is 32.8 Å². The minimum Gasteiger partial charge on any atom is -0.325 e. The van der Waals surface area contributed by atoms with Gasteiger partial charge in [-0.3, -0.25) is 14.9 Å². The number of urea groups is 1. The lowest BCUT2D eigenvalue weighted by Gasteiger charge is -2.22. The molecule has 132 valence electrons. The number of hydrogen-bond acceptors (Lipinski definition) is 4. The summed E-state index contributed by atoms with van der Waals surface area (Å²) in [5.74, 6) is -0.639. The first-order valence-corrected chi connectivity index (χ1v) is 7.58. The number of imide groups is 1. The van der Waals surface area contributed by atoms with Gasteiger partial charge in [0.05, 0.1) is 6.04 Å². The van der Waals surface area contributed by atoms with E-state index in [0.717, 1.165) is 6.42 Å². The normalized spacial score (nSPS) is 22.0. The highest BCUT2D eigenvalue weighted by Crippen LogP contribution is 2.26. The van der Waals surface area contributed by atoms with Crippen molar-refractivity contribution >= 4 is 35.9 Å². The van der Waals surface area contributed by atoms with Gasteiger partial charge in [0.2, 0.25) is 5.91 Å². The molecule has 0 bridgehead atoms. The Kier molecular flexibility index (Phi) is 6.34. The van der Waals surface area contributed by atoms with Gasteiger partial charge in [-0.1, -0.05) is 32.4 Å². The maximum Gasteiger partial charge on any atom is 0.322 e.